The summed E-state index contributed by atoms with van der Waals surface area (Å²) in [6.07, 6.45) is 1.28. The third-order valence-corrected chi connectivity index (χ3v) is 4.59. The van der Waals surface area contributed by atoms with Crippen molar-refractivity contribution < 1.29 is 24.2 Å². The van der Waals surface area contributed by atoms with Crippen molar-refractivity contribution in [2.24, 2.45) is 5.92 Å². The summed E-state index contributed by atoms with van der Waals surface area (Å²) in [5, 5.41) is 10.8. The third kappa shape index (κ3) is 5.77. The minimum absolute atomic E-state index is 0.124. The highest BCUT2D eigenvalue weighted by Crippen LogP contribution is 2.23. The van der Waals surface area contributed by atoms with E-state index in [0.717, 1.165) is 15.9 Å². The molecule has 1 N–H and O–H groups in total. The molecule has 0 aliphatic carbocycles. The minimum Gasteiger partial charge on any atom is -0.494 e. The fourth-order valence-corrected chi connectivity index (χ4v) is 3.13. The zero-order chi connectivity index (χ0) is 18.6. The van der Waals surface area contributed by atoms with Gasteiger partial charge in [-0.05, 0) is 39.5 Å². The molecule has 140 valence electrons. The second-order valence-electron chi connectivity index (χ2n) is 7.05. The molecule has 1 fully saturated rings. The van der Waals surface area contributed by atoms with Gasteiger partial charge in [-0.2, -0.15) is 0 Å². The van der Waals surface area contributed by atoms with E-state index < -0.39 is 11.6 Å². The Morgan fingerprint density at radius 3 is 2.48 bits per heavy atom. The Balaban J connectivity index is 1.73. The van der Waals surface area contributed by atoms with Gasteiger partial charge in [0.2, 0.25) is 5.88 Å². The summed E-state index contributed by atoms with van der Waals surface area (Å²) in [6, 6.07) is 0. The number of hydrogen-bond donors (Lipinski definition) is 1. The predicted octanol–water partition coefficient (Wildman–Crippen LogP) is 2.15. The van der Waals surface area contributed by atoms with Gasteiger partial charge in [0.25, 0.3) is 0 Å². The van der Waals surface area contributed by atoms with Gasteiger partial charge in [0, 0.05) is 19.5 Å². The van der Waals surface area contributed by atoms with E-state index >= 15 is 0 Å². The molecule has 2 rings (SSSR count). The summed E-state index contributed by atoms with van der Waals surface area (Å²) >= 11 is 0.842. The number of aromatic nitrogens is 1. The molecule has 1 aliphatic heterocycles. The smallest absolute Gasteiger partial charge is 0.410 e. The van der Waals surface area contributed by atoms with Gasteiger partial charge in [-0.1, -0.05) is 11.3 Å². The lowest BCUT2D eigenvalue weighted by Crippen LogP contribution is -2.42. The van der Waals surface area contributed by atoms with Crippen LogP contribution in [0.2, 0.25) is 0 Å². The summed E-state index contributed by atoms with van der Waals surface area (Å²) in [5.41, 5.74) is -0.525. The average Bonchev–Trinajstić information content (AvgIpc) is 2.83. The third-order valence-electron chi connectivity index (χ3n) is 3.84. The molecule has 0 aromatic carbocycles. The summed E-state index contributed by atoms with van der Waals surface area (Å²) in [4.78, 5) is 36.6. The number of esters is 1. The van der Waals surface area contributed by atoms with Gasteiger partial charge in [0.15, 0.2) is 6.73 Å². The normalized spacial score (nSPS) is 15.9. The van der Waals surface area contributed by atoms with E-state index in [1.165, 1.54) is 5.38 Å². The van der Waals surface area contributed by atoms with Crippen LogP contribution >= 0.6 is 11.3 Å². The number of ether oxygens (including phenoxy) is 2. The van der Waals surface area contributed by atoms with Crippen LogP contribution in [0, 0.1) is 5.92 Å². The van der Waals surface area contributed by atoms with E-state index in [4.69, 9.17) is 9.47 Å². The number of carbonyl (C=O) groups is 2. The van der Waals surface area contributed by atoms with Crippen molar-refractivity contribution in [2.45, 2.75) is 52.4 Å². The molecule has 0 atom stereocenters. The number of likely N-dealkylation sites (tertiary alicyclic amines) is 1. The maximum Gasteiger partial charge on any atom is 0.410 e. The number of thiazole rings is 1. The summed E-state index contributed by atoms with van der Waals surface area (Å²) < 4.78 is 11.4. The Labute approximate surface area is 150 Å². The second kappa shape index (κ2) is 7.90. The quantitative estimate of drug-likeness (QED) is 0.813. The first kappa shape index (κ1) is 19.3. The summed E-state index contributed by atoms with van der Waals surface area (Å²) in [6.45, 7) is 6.26. The van der Waals surface area contributed by atoms with Crippen LogP contribution in [0.1, 0.15) is 40.0 Å². The number of carbonyl (C=O) groups excluding carboxylic acids is 2. The first-order valence-electron chi connectivity index (χ1n) is 8.16. The molecule has 0 spiro atoms. The van der Waals surface area contributed by atoms with Gasteiger partial charge in [-0.15, -0.1) is 0 Å². The van der Waals surface area contributed by atoms with Gasteiger partial charge in [-0.3, -0.25) is 9.59 Å². The Morgan fingerprint density at radius 1 is 1.32 bits per heavy atom. The van der Waals surface area contributed by atoms with Crippen LogP contribution in [0.5, 0.6) is 5.88 Å². The van der Waals surface area contributed by atoms with Crippen molar-refractivity contribution >= 4 is 23.4 Å². The summed E-state index contributed by atoms with van der Waals surface area (Å²) in [5.74, 6) is -0.513. The largest absolute Gasteiger partial charge is 0.494 e. The highest BCUT2D eigenvalue weighted by Gasteiger charge is 2.28. The van der Waals surface area contributed by atoms with Crippen molar-refractivity contribution in [1.29, 1.82) is 0 Å². The lowest BCUT2D eigenvalue weighted by Gasteiger charge is -2.33. The van der Waals surface area contributed by atoms with E-state index in [1.54, 1.807) is 4.90 Å². The standard InChI is InChI=1S/C16H24N2O6S/c1-16(2,3)24-14(21)17-6-4-11(5-7-17)8-13(20)23-10-18-12(19)9-25-15(18)22/h9,11,19H,4-8,10H2,1-3H3. The monoisotopic (exact) mass is 372 g/mol. The molecule has 0 saturated carbocycles. The maximum atomic E-state index is 12.0. The Kier molecular flexibility index (Phi) is 6.10. The number of aromatic hydroxyl groups is 1. The van der Waals surface area contributed by atoms with Crippen molar-refractivity contribution in [1.82, 2.24) is 9.47 Å². The minimum atomic E-state index is -0.525. The molecule has 1 aromatic rings. The molecule has 1 aromatic heterocycles. The van der Waals surface area contributed by atoms with Crippen LogP contribution in [0.25, 0.3) is 0 Å². The molecule has 8 nitrogen and oxygen atoms in total. The highest BCUT2D eigenvalue weighted by molar-refractivity contribution is 7.07. The topological polar surface area (TPSA) is 98.1 Å². The van der Waals surface area contributed by atoms with Crippen LogP contribution < -0.4 is 4.87 Å². The Hall–Kier alpha value is -2.03. The fraction of sp³-hybridized carbons (Fsp3) is 0.688. The number of piperidine rings is 1. The maximum absolute atomic E-state index is 12.0. The number of hydrogen-bond acceptors (Lipinski definition) is 7. The lowest BCUT2D eigenvalue weighted by atomic mass is 9.94. The Bertz CT molecular complexity index is 667. The van der Waals surface area contributed by atoms with E-state index in [0.29, 0.717) is 25.9 Å². The predicted molar refractivity (Wildman–Crippen MR) is 91.5 cm³/mol. The number of rotatable bonds is 4. The van der Waals surface area contributed by atoms with Gasteiger partial charge in [-0.25, -0.2) is 9.36 Å². The van der Waals surface area contributed by atoms with Gasteiger partial charge < -0.3 is 19.5 Å². The van der Waals surface area contributed by atoms with E-state index in [9.17, 15) is 19.5 Å². The van der Waals surface area contributed by atoms with Crippen LogP contribution in [0.3, 0.4) is 0 Å². The highest BCUT2D eigenvalue weighted by atomic mass is 32.1. The molecule has 1 aliphatic rings. The first-order chi connectivity index (χ1) is 11.7. The summed E-state index contributed by atoms with van der Waals surface area (Å²) in [7, 11) is 0. The molecular formula is C16H24N2O6S. The fourth-order valence-electron chi connectivity index (χ4n) is 2.52. The zero-order valence-corrected chi connectivity index (χ0v) is 15.5. The van der Waals surface area contributed by atoms with Crippen molar-refractivity contribution in [3.8, 4) is 5.88 Å². The number of nitrogens with zero attached hydrogens (tertiary/aromatic N) is 2. The van der Waals surface area contributed by atoms with Gasteiger partial charge in [0.05, 0.1) is 5.38 Å². The van der Waals surface area contributed by atoms with E-state index in [2.05, 4.69) is 0 Å². The molecule has 0 radical (unpaired) electrons. The van der Waals surface area contributed by atoms with Crippen LogP contribution in [-0.4, -0.2) is 45.3 Å². The average molecular weight is 372 g/mol. The zero-order valence-electron chi connectivity index (χ0n) is 14.7. The molecule has 2 heterocycles. The van der Waals surface area contributed by atoms with E-state index in [1.807, 2.05) is 20.8 Å². The molecule has 0 unspecified atom stereocenters. The molecular weight excluding hydrogens is 348 g/mol. The second-order valence-corrected chi connectivity index (χ2v) is 7.87. The van der Waals surface area contributed by atoms with E-state index in [-0.39, 0.29) is 35.9 Å². The van der Waals surface area contributed by atoms with Gasteiger partial charge >= 0.3 is 16.9 Å². The first-order valence-corrected chi connectivity index (χ1v) is 9.04. The van der Waals surface area contributed by atoms with Crippen molar-refractivity contribution in [3.05, 3.63) is 15.0 Å². The lowest BCUT2D eigenvalue weighted by molar-refractivity contribution is -0.149. The molecule has 9 heteroatoms. The molecule has 25 heavy (non-hydrogen) atoms. The number of amides is 1. The molecule has 1 saturated heterocycles. The van der Waals surface area contributed by atoms with Crippen LogP contribution in [0.4, 0.5) is 4.79 Å². The van der Waals surface area contributed by atoms with Crippen LogP contribution in [0.15, 0.2) is 10.2 Å². The van der Waals surface area contributed by atoms with Crippen LogP contribution in [-0.2, 0) is 21.0 Å². The molecule has 0 bridgehead atoms. The Morgan fingerprint density at radius 2 is 1.96 bits per heavy atom. The van der Waals surface area contributed by atoms with Crippen molar-refractivity contribution in [2.75, 3.05) is 13.1 Å². The van der Waals surface area contributed by atoms with Crippen molar-refractivity contribution in [3.63, 3.8) is 0 Å². The molecule has 1 amide bonds. The van der Waals surface area contributed by atoms with Gasteiger partial charge in [0.1, 0.15) is 5.60 Å². The SMILES string of the molecule is CC(C)(C)OC(=O)N1CCC(CC(=O)OCn2c(O)csc2=O)CC1.